The largest absolute Gasteiger partial charge is 0.327 e. The number of nitrogens with two attached hydrogens (primary N) is 1. The van der Waals surface area contributed by atoms with Gasteiger partial charge in [-0.05, 0) is 37.2 Å². The second kappa shape index (κ2) is 5.27. The fraction of sp³-hybridized carbons (Fsp3) is 0.800. The van der Waals surface area contributed by atoms with E-state index >= 15 is 0 Å². The second-order valence-corrected chi connectivity index (χ2v) is 6.15. The number of hydrogen-bond acceptors (Lipinski definition) is 5. The molecule has 1 aliphatic rings. The Morgan fingerprint density at radius 3 is 2.87 bits per heavy atom. The van der Waals surface area contributed by atoms with E-state index in [2.05, 4.69) is 9.36 Å². The number of hydrogen-bond donors (Lipinski definition) is 1. The van der Waals surface area contributed by atoms with Crippen molar-refractivity contribution in [3.05, 3.63) is 5.82 Å². The first kappa shape index (κ1) is 11.4. The van der Waals surface area contributed by atoms with Crippen LogP contribution in [0.2, 0.25) is 0 Å². The molecule has 1 unspecified atom stereocenters. The maximum absolute atomic E-state index is 6.17. The van der Waals surface area contributed by atoms with Crippen LogP contribution in [0.1, 0.15) is 31.5 Å². The minimum absolute atomic E-state index is 0.335. The topological polar surface area (TPSA) is 51.8 Å². The summed E-state index contributed by atoms with van der Waals surface area (Å²) in [6, 6.07) is 0.335. The highest BCUT2D eigenvalue weighted by atomic mass is 32.2. The van der Waals surface area contributed by atoms with Gasteiger partial charge in [0.25, 0.3) is 0 Å². The lowest BCUT2D eigenvalue weighted by Crippen LogP contribution is -2.30. The van der Waals surface area contributed by atoms with Crippen LogP contribution in [0.5, 0.6) is 0 Å². The van der Waals surface area contributed by atoms with Gasteiger partial charge in [0.05, 0.1) is 0 Å². The lowest BCUT2D eigenvalue weighted by molar-refractivity contribution is 0.463. The van der Waals surface area contributed by atoms with Crippen molar-refractivity contribution in [3.8, 4) is 0 Å². The molecule has 1 saturated carbocycles. The first-order valence-electron chi connectivity index (χ1n) is 5.44. The predicted molar refractivity (Wildman–Crippen MR) is 65.3 cm³/mol. The minimum Gasteiger partial charge on any atom is -0.327 e. The zero-order valence-corrected chi connectivity index (χ0v) is 10.6. The molecule has 0 amide bonds. The standard InChI is InChI=1S/C10H17N3S2/c1-7-12-10(15-13-7)14-6-9(11)8-4-2-3-5-8/h8-9H,2-6,11H2,1H3. The minimum atomic E-state index is 0.335. The molecule has 2 rings (SSSR count). The summed E-state index contributed by atoms with van der Waals surface area (Å²) < 4.78 is 5.22. The van der Waals surface area contributed by atoms with Crippen LogP contribution in [0.15, 0.2) is 4.34 Å². The molecule has 2 N–H and O–H groups in total. The van der Waals surface area contributed by atoms with E-state index in [-0.39, 0.29) is 0 Å². The summed E-state index contributed by atoms with van der Waals surface area (Å²) in [7, 11) is 0. The van der Waals surface area contributed by atoms with Gasteiger partial charge in [0, 0.05) is 11.8 Å². The average Bonchev–Trinajstić information content (AvgIpc) is 2.84. The van der Waals surface area contributed by atoms with Crippen molar-refractivity contribution in [1.29, 1.82) is 0 Å². The average molecular weight is 243 g/mol. The Labute approximate surface area is 99.0 Å². The Morgan fingerprint density at radius 2 is 2.27 bits per heavy atom. The molecule has 0 aliphatic heterocycles. The number of nitrogens with zero attached hydrogens (tertiary/aromatic N) is 2. The Balaban J connectivity index is 1.77. The zero-order chi connectivity index (χ0) is 10.7. The van der Waals surface area contributed by atoms with Gasteiger partial charge in [-0.3, -0.25) is 0 Å². The fourth-order valence-corrected chi connectivity index (χ4v) is 3.78. The van der Waals surface area contributed by atoms with Crippen LogP contribution in [0, 0.1) is 12.8 Å². The first-order valence-corrected chi connectivity index (χ1v) is 7.20. The zero-order valence-electron chi connectivity index (χ0n) is 8.98. The third-order valence-corrected chi connectivity index (χ3v) is 4.98. The van der Waals surface area contributed by atoms with Gasteiger partial charge in [-0.15, -0.1) is 0 Å². The molecule has 1 aromatic rings. The van der Waals surface area contributed by atoms with Gasteiger partial charge >= 0.3 is 0 Å². The molecule has 5 heteroatoms. The third kappa shape index (κ3) is 3.16. The van der Waals surface area contributed by atoms with E-state index in [0.29, 0.717) is 6.04 Å². The smallest absolute Gasteiger partial charge is 0.170 e. The van der Waals surface area contributed by atoms with Gasteiger partial charge < -0.3 is 5.73 Å². The van der Waals surface area contributed by atoms with Crippen molar-refractivity contribution < 1.29 is 0 Å². The van der Waals surface area contributed by atoms with Crippen LogP contribution in [-0.4, -0.2) is 21.2 Å². The lowest BCUT2D eigenvalue weighted by Gasteiger charge is -2.17. The van der Waals surface area contributed by atoms with E-state index in [1.807, 2.05) is 6.92 Å². The molecule has 0 bridgehead atoms. The molecule has 1 fully saturated rings. The van der Waals surface area contributed by atoms with Crippen molar-refractivity contribution in [1.82, 2.24) is 9.36 Å². The monoisotopic (exact) mass is 243 g/mol. The highest BCUT2D eigenvalue weighted by Crippen LogP contribution is 2.30. The third-order valence-electron chi connectivity index (χ3n) is 2.91. The molecule has 1 aliphatic carbocycles. The fourth-order valence-electron chi connectivity index (χ4n) is 2.03. The summed E-state index contributed by atoms with van der Waals surface area (Å²) in [4.78, 5) is 4.32. The number of aryl methyl sites for hydroxylation is 1. The van der Waals surface area contributed by atoms with Gasteiger partial charge in [0.15, 0.2) is 4.34 Å². The van der Waals surface area contributed by atoms with Crippen molar-refractivity contribution >= 4 is 23.3 Å². The summed E-state index contributed by atoms with van der Waals surface area (Å²) in [6.45, 7) is 1.93. The van der Waals surface area contributed by atoms with Crippen LogP contribution in [0.3, 0.4) is 0 Å². The lowest BCUT2D eigenvalue weighted by atomic mass is 10.0. The van der Waals surface area contributed by atoms with Gasteiger partial charge in [-0.2, -0.15) is 4.37 Å². The molecule has 15 heavy (non-hydrogen) atoms. The van der Waals surface area contributed by atoms with E-state index in [9.17, 15) is 0 Å². The number of thioether (sulfide) groups is 1. The summed E-state index contributed by atoms with van der Waals surface area (Å²) in [5, 5.41) is 0. The first-order chi connectivity index (χ1) is 7.25. The molecule has 84 valence electrons. The molecule has 0 aromatic carbocycles. The van der Waals surface area contributed by atoms with Crippen LogP contribution < -0.4 is 5.73 Å². The molecule has 1 atom stereocenters. The van der Waals surface area contributed by atoms with Crippen molar-refractivity contribution in [2.75, 3.05) is 5.75 Å². The molecular formula is C10H17N3S2. The van der Waals surface area contributed by atoms with Crippen LogP contribution in [0.25, 0.3) is 0 Å². The van der Waals surface area contributed by atoms with Crippen molar-refractivity contribution in [3.63, 3.8) is 0 Å². The maximum Gasteiger partial charge on any atom is 0.170 e. The van der Waals surface area contributed by atoms with E-state index < -0.39 is 0 Å². The molecule has 0 spiro atoms. The Morgan fingerprint density at radius 1 is 1.53 bits per heavy atom. The van der Waals surface area contributed by atoms with Gasteiger partial charge in [0.1, 0.15) is 5.82 Å². The van der Waals surface area contributed by atoms with Crippen molar-refractivity contribution in [2.45, 2.75) is 43.0 Å². The van der Waals surface area contributed by atoms with E-state index in [4.69, 9.17) is 5.73 Å². The highest BCUT2D eigenvalue weighted by molar-refractivity contribution is 8.00. The molecule has 0 radical (unpaired) electrons. The van der Waals surface area contributed by atoms with Gasteiger partial charge in [0.2, 0.25) is 0 Å². The predicted octanol–water partition coefficient (Wildman–Crippen LogP) is 2.46. The van der Waals surface area contributed by atoms with Gasteiger partial charge in [-0.1, -0.05) is 24.6 Å². The molecule has 1 aromatic heterocycles. The normalized spacial score (nSPS) is 19.6. The van der Waals surface area contributed by atoms with Gasteiger partial charge in [-0.25, -0.2) is 4.98 Å². The maximum atomic E-state index is 6.17. The van der Waals surface area contributed by atoms with E-state index in [0.717, 1.165) is 21.8 Å². The van der Waals surface area contributed by atoms with Crippen LogP contribution in [-0.2, 0) is 0 Å². The van der Waals surface area contributed by atoms with E-state index in [1.54, 1.807) is 11.8 Å². The Bertz CT molecular complexity index is 307. The molecule has 3 nitrogen and oxygen atoms in total. The molecule has 0 saturated heterocycles. The highest BCUT2D eigenvalue weighted by Gasteiger charge is 2.22. The second-order valence-electron chi connectivity index (χ2n) is 4.13. The molecular weight excluding hydrogens is 226 g/mol. The van der Waals surface area contributed by atoms with Crippen molar-refractivity contribution in [2.24, 2.45) is 11.7 Å². The molecule has 1 heterocycles. The Hall–Kier alpha value is -0.130. The number of aromatic nitrogens is 2. The van der Waals surface area contributed by atoms with E-state index in [1.165, 1.54) is 37.2 Å². The summed E-state index contributed by atoms with van der Waals surface area (Å²) in [5.74, 6) is 2.60. The van der Waals surface area contributed by atoms with Crippen LogP contribution >= 0.6 is 23.3 Å². The number of rotatable bonds is 4. The summed E-state index contributed by atoms with van der Waals surface area (Å²) in [5.41, 5.74) is 6.17. The Kier molecular flexibility index (Phi) is 3.99. The summed E-state index contributed by atoms with van der Waals surface area (Å²) >= 11 is 3.24. The summed E-state index contributed by atoms with van der Waals surface area (Å²) in [6.07, 6.45) is 5.36. The van der Waals surface area contributed by atoms with Crippen LogP contribution in [0.4, 0.5) is 0 Å². The quantitative estimate of drug-likeness (QED) is 0.825. The SMILES string of the molecule is Cc1nsc(SCC(N)C2CCCC2)n1.